The number of likely N-dealkylation sites (N-methyl/N-ethyl adjacent to an activating group) is 1. The molecule has 1 fully saturated rings. The molecule has 1 heterocycles. The average molecular weight is 376 g/mol. The summed E-state index contributed by atoms with van der Waals surface area (Å²) in [6.07, 6.45) is 0.905. The molecule has 1 aliphatic heterocycles. The first-order chi connectivity index (χ1) is 13.0. The number of hydrogen-bond acceptors (Lipinski definition) is 4. The second-order valence-electron chi connectivity index (χ2n) is 7.65. The number of aryl methyl sites for hydroxylation is 1. The Morgan fingerprint density at radius 3 is 2.63 bits per heavy atom. The minimum absolute atomic E-state index is 0.587. The van der Waals surface area contributed by atoms with Crippen LogP contribution < -0.4 is 15.4 Å². The minimum Gasteiger partial charge on any atom is -0.496 e. The molecule has 1 saturated heterocycles. The van der Waals surface area contributed by atoms with Crippen LogP contribution in [0.1, 0.15) is 18.1 Å². The maximum Gasteiger partial charge on any atom is 0.190 e. The molecule has 1 unspecified atom stereocenters. The summed E-state index contributed by atoms with van der Waals surface area (Å²) in [5, 5.41) is 6.88. The van der Waals surface area contributed by atoms with Crippen LogP contribution in [0.15, 0.2) is 23.2 Å². The molecule has 1 aliphatic rings. The Bertz CT molecular complexity index is 596. The third kappa shape index (κ3) is 7.39. The van der Waals surface area contributed by atoms with E-state index in [1.54, 1.807) is 7.11 Å². The van der Waals surface area contributed by atoms with Crippen LogP contribution in [0.2, 0.25) is 0 Å². The van der Waals surface area contributed by atoms with Gasteiger partial charge in [-0.05, 0) is 37.9 Å². The van der Waals surface area contributed by atoms with Crippen molar-refractivity contribution in [2.45, 2.75) is 20.3 Å². The molecule has 2 rings (SSSR count). The van der Waals surface area contributed by atoms with Gasteiger partial charge in [0.05, 0.1) is 7.11 Å². The molecule has 2 N–H and O–H groups in total. The Kier molecular flexibility index (Phi) is 8.88. The number of nitrogens with one attached hydrogen (secondary N) is 2. The van der Waals surface area contributed by atoms with E-state index in [4.69, 9.17) is 4.74 Å². The Morgan fingerprint density at radius 1 is 1.22 bits per heavy atom. The van der Waals surface area contributed by atoms with Gasteiger partial charge in [-0.2, -0.15) is 0 Å². The third-order valence-corrected chi connectivity index (χ3v) is 5.13. The van der Waals surface area contributed by atoms with E-state index in [2.05, 4.69) is 58.5 Å². The van der Waals surface area contributed by atoms with E-state index >= 15 is 0 Å². The van der Waals surface area contributed by atoms with Crippen molar-refractivity contribution < 1.29 is 4.74 Å². The molecule has 1 aromatic rings. The van der Waals surface area contributed by atoms with Gasteiger partial charge in [-0.3, -0.25) is 4.99 Å². The molecule has 0 bridgehead atoms. The number of nitrogens with zero attached hydrogens (tertiary/aromatic N) is 3. The molecule has 27 heavy (non-hydrogen) atoms. The number of guanidine groups is 1. The van der Waals surface area contributed by atoms with Crippen LogP contribution in [-0.2, 0) is 6.42 Å². The highest BCUT2D eigenvalue weighted by Gasteiger charge is 2.16. The normalized spacial score (nSPS) is 17.6. The van der Waals surface area contributed by atoms with E-state index in [1.165, 1.54) is 37.3 Å². The van der Waals surface area contributed by atoms with Crippen molar-refractivity contribution in [3.8, 4) is 5.75 Å². The van der Waals surface area contributed by atoms with Crippen molar-refractivity contribution in [2.75, 3.05) is 67.0 Å². The molecule has 0 radical (unpaired) electrons. The second-order valence-corrected chi connectivity index (χ2v) is 7.65. The lowest BCUT2D eigenvalue weighted by molar-refractivity contribution is 0.139. The first-order valence-corrected chi connectivity index (χ1v) is 10.0. The van der Waals surface area contributed by atoms with E-state index < -0.39 is 0 Å². The summed E-state index contributed by atoms with van der Waals surface area (Å²) in [5.41, 5.74) is 2.48. The van der Waals surface area contributed by atoms with Gasteiger partial charge in [0, 0.05) is 52.9 Å². The summed E-state index contributed by atoms with van der Waals surface area (Å²) in [4.78, 5) is 9.31. The lowest BCUT2D eigenvalue weighted by atomic mass is 10.1. The van der Waals surface area contributed by atoms with E-state index in [1.807, 2.05) is 13.1 Å². The van der Waals surface area contributed by atoms with E-state index in [-0.39, 0.29) is 0 Å². The molecule has 1 aromatic carbocycles. The summed E-state index contributed by atoms with van der Waals surface area (Å²) in [6.45, 7) is 12.0. The van der Waals surface area contributed by atoms with Crippen molar-refractivity contribution in [3.05, 3.63) is 29.3 Å². The molecular weight excluding hydrogens is 338 g/mol. The van der Waals surface area contributed by atoms with Crippen molar-refractivity contribution in [1.29, 1.82) is 0 Å². The fourth-order valence-electron chi connectivity index (χ4n) is 3.45. The van der Waals surface area contributed by atoms with Gasteiger partial charge in [-0.25, -0.2) is 0 Å². The molecule has 6 heteroatoms. The van der Waals surface area contributed by atoms with Crippen LogP contribution in [0.25, 0.3) is 0 Å². The predicted molar refractivity (Wildman–Crippen MR) is 114 cm³/mol. The lowest BCUT2D eigenvalue weighted by Crippen LogP contribution is -2.47. The lowest BCUT2D eigenvalue weighted by Gasteiger charge is -2.34. The van der Waals surface area contributed by atoms with Gasteiger partial charge >= 0.3 is 0 Å². The van der Waals surface area contributed by atoms with Crippen LogP contribution >= 0.6 is 0 Å². The molecular formula is C21H37N5O. The number of hydrogen-bond donors (Lipinski definition) is 2. The zero-order valence-corrected chi connectivity index (χ0v) is 17.7. The quantitative estimate of drug-likeness (QED) is 0.534. The zero-order valence-electron chi connectivity index (χ0n) is 17.7. The molecule has 0 aromatic heterocycles. The van der Waals surface area contributed by atoms with Crippen molar-refractivity contribution >= 4 is 5.96 Å². The SMILES string of the molecule is CN=C(NCCc1cc(C)ccc1OC)NCC(C)CN1CCN(C)CC1. The van der Waals surface area contributed by atoms with Gasteiger partial charge in [-0.1, -0.05) is 24.6 Å². The third-order valence-electron chi connectivity index (χ3n) is 5.13. The molecule has 152 valence electrons. The van der Waals surface area contributed by atoms with E-state index in [0.29, 0.717) is 5.92 Å². The van der Waals surface area contributed by atoms with Gasteiger partial charge in [0.2, 0.25) is 0 Å². The van der Waals surface area contributed by atoms with Crippen LogP contribution in [0.3, 0.4) is 0 Å². The summed E-state index contributed by atoms with van der Waals surface area (Å²) >= 11 is 0. The molecule has 1 atom stereocenters. The smallest absolute Gasteiger partial charge is 0.190 e. The number of rotatable bonds is 8. The van der Waals surface area contributed by atoms with Gasteiger partial charge < -0.3 is 25.2 Å². The van der Waals surface area contributed by atoms with Crippen molar-refractivity contribution in [2.24, 2.45) is 10.9 Å². The first kappa shape index (κ1) is 21.5. The second kappa shape index (κ2) is 11.1. The first-order valence-electron chi connectivity index (χ1n) is 10.0. The number of methoxy groups -OCH3 is 1. The summed E-state index contributed by atoms with van der Waals surface area (Å²) < 4.78 is 5.46. The fourth-order valence-corrected chi connectivity index (χ4v) is 3.45. The highest BCUT2D eigenvalue weighted by Crippen LogP contribution is 2.19. The Morgan fingerprint density at radius 2 is 1.96 bits per heavy atom. The maximum absolute atomic E-state index is 5.46. The molecule has 0 saturated carbocycles. The number of aliphatic imine (C=N–C) groups is 1. The topological polar surface area (TPSA) is 52.1 Å². The van der Waals surface area contributed by atoms with Gasteiger partial charge in [-0.15, -0.1) is 0 Å². The minimum atomic E-state index is 0.587. The molecule has 0 amide bonds. The monoisotopic (exact) mass is 375 g/mol. The van der Waals surface area contributed by atoms with E-state index in [0.717, 1.165) is 37.8 Å². The van der Waals surface area contributed by atoms with E-state index in [9.17, 15) is 0 Å². The Labute approximate surface area is 165 Å². The molecule has 0 aliphatic carbocycles. The van der Waals surface area contributed by atoms with Gasteiger partial charge in [0.15, 0.2) is 5.96 Å². The molecule has 6 nitrogen and oxygen atoms in total. The summed E-state index contributed by atoms with van der Waals surface area (Å²) in [6, 6.07) is 6.31. The Hall–Kier alpha value is -1.79. The average Bonchev–Trinajstić information content (AvgIpc) is 2.66. The largest absolute Gasteiger partial charge is 0.496 e. The maximum atomic E-state index is 5.46. The standard InChI is InChI=1S/C21H37N5O/c1-17-6-7-20(27-5)19(14-17)8-9-23-21(22-3)24-15-18(2)16-26-12-10-25(4)11-13-26/h6-7,14,18H,8-13,15-16H2,1-5H3,(H2,22,23,24). The van der Waals surface area contributed by atoms with Crippen LogP contribution in [-0.4, -0.2) is 82.8 Å². The Balaban J connectivity index is 1.70. The van der Waals surface area contributed by atoms with Crippen LogP contribution in [0.4, 0.5) is 0 Å². The summed E-state index contributed by atoms with van der Waals surface area (Å²) in [5.74, 6) is 2.40. The summed E-state index contributed by atoms with van der Waals surface area (Å²) in [7, 11) is 5.75. The van der Waals surface area contributed by atoms with Gasteiger partial charge in [0.25, 0.3) is 0 Å². The zero-order chi connectivity index (χ0) is 19.6. The highest BCUT2D eigenvalue weighted by molar-refractivity contribution is 5.79. The fraction of sp³-hybridized carbons (Fsp3) is 0.667. The van der Waals surface area contributed by atoms with Gasteiger partial charge in [0.1, 0.15) is 5.75 Å². The van der Waals surface area contributed by atoms with Crippen molar-refractivity contribution in [1.82, 2.24) is 20.4 Å². The number of piperazine rings is 1. The highest BCUT2D eigenvalue weighted by atomic mass is 16.5. The molecule has 0 spiro atoms. The van der Waals surface area contributed by atoms with Crippen LogP contribution in [0, 0.1) is 12.8 Å². The number of benzene rings is 1. The number of ether oxygens (including phenoxy) is 1. The van der Waals surface area contributed by atoms with Crippen LogP contribution in [0.5, 0.6) is 5.75 Å². The van der Waals surface area contributed by atoms with Crippen molar-refractivity contribution in [3.63, 3.8) is 0 Å². The predicted octanol–water partition coefficient (Wildman–Crippen LogP) is 1.59.